The molecule has 0 aliphatic carbocycles. The van der Waals surface area contributed by atoms with E-state index in [0.717, 1.165) is 21.6 Å². The monoisotopic (exact) mass is 297 g/mol. The van der Waals surface area contributed by atoms with Crippen molar-refractivity contribution in [2.45, 2.75) is 10.9 Å². The maximum absolute atomic E-state index is 12.5. The first-order valence-corrected chi connectivity index (χ1v) is 7.56. The van der Waals surface area contributed by atoms with Crippen molar-refractivity contribution in [3.8, 4) is 0 Å². The Hall–Kier alpha value is -2.27. The topological polar surface area (TPSA) is 57.6 Å². The summed E-state index contributed by atoms with van der Waals surface area (Å²) in [4.78, 5) is 26.4. The van der Waals surface area contributed by atoms with E-state index in [0.29, 0.717) is 11.4 Å². The lowest BCUT2D eigenvalue weighted by atomic mass is 9.96. The van der Waals surface area contributed by atoms with Crippen molar-refractivity contribution < 1.29 is 14.7 Å². The Morgan fingerprint density at radius 2 is 1.90 bits per heavy atom. The number of nitrogens with zero attached hydrogens (tertiary/aromatic N) is 1. The number of amides is 1. The van der Waals surface area contributed by atoms with E-state index in [1.165, 1.54) is 11.8 Å². The first-order valence-electron chi connectivity index (χ1n) is 6.57. The Labute approximate surface area is 125 Å². The highest BCUT2D eigenvalue weighted by molar-refractivity contribution is 7.99. The predicted molar refractivity (Wildman–Crippen MR) is 78.6 cm³/mol. The van der Waals surface area contributed by atoms with Crippen LogP contribution in [0, 0.1) is 0 Å². The highest BCUT2D eigenvalue weighted by Gasteiger charge is 2.41. The Balaban J connectivity index is 1.96. The second-order valence-corrected chi connectivity index (χ2v) is 6.02. The lowest BCUT2D eigenvalue weighted by Gasteiger charge is -2.32. The van der Waals surface area contributed by atoms with Gasteiger partial charge in [-0.15, -0.1) is 11.8 Å². The quantitative estimate of drug-likeness (QED) is 0.879. The van der Waals surface area contributed by atoms with Gasteiger partial charge in [-0.25, -0.2) is 4.79 Å². The second-order valence-electron chi connectivity index (χ2n) is 5.07. The number of carboxylic acid groups (broad SMARTS) is 1. The van der Waals surface area contributed by atoms with Gasteiger partial charge >= 0.3 is 5.97 Å². The van der Waals surface area contributed by atoms with Crippen LogP contribution in [0.25, 0.3) is 0 Å². The van der Waals surface area contributed by atoms with E-state index in [1.807, 2.05) is 35.2 Å². The third-order valence-electron chi connectivity index (χ3n) is 3.98. The van der Waals surface area contributed by atoms with E-state index < -0.39 is 5.97 Å². The SMILES string of the molecule is O=C(O)c1cccc2c1SCN1C(=O)c3ccccc3C21. The van der Waals surface area contributed by atoms with E-state index in [-0.39, 0.29) is 11.9 Å². The summed E-state index contributed by atoms with van der Waals surface area (Å²) < 4.78 is 0. The van der Waals surface area contributed by atoms with Crippen LogP contribution in [0.2, 0.25) is 0 Å². The van der Waals surface area contributed by atoms with Crippen molar-refractivity contribution in [2.75, 3.05) is 5.88 Å². The van der Waals surface area contributed by atoms with Crippen LogP contribution in [-0.4, -0.2) is 27.8 Å². The van der Waals surface area contributed by atoms with Crippen LogP contribution in [0.1, 0.15) is 37.9 Å². The molecule has 2 aliphatic heterocycles. The van der Waals surface area contributed by atoms with E-state index in [1.54, 1.807) is 12.1 Å². The van der Waals surface area contributed by atoms with Crippen molar-refractivity contribution in [1.82, 2.24) is 4.90 Å². The summed E-state index contributed by atoms with van der Waals surface area (Å²) in [5.41, 5.74) is 2.90. The van der Waals surface area contributed by atoms with Gasteiger partial charge in [0.25, 0.3) is 5.91 Å². The fraction of sp³-hybridized carbons (Fsp3) is 0.125. The van der Waals surface area contributed by atoms with Crippen LogP contribution in [0.3, 0.4) is 0 Å². The fourth-order valence-corrected chi connectivity index (χ4v) is 4.26. The highest BCUT2D eigenvalue weighted by Crippen LogP contribution is 2.47. The van der Waals surface area contributed by atoms with Crippen molar-refractivity contribution in [3.63, 3.8) is 0 Å². The average Bonchev–Trinajstić information content (AvgIpc) is 2.80. The molecule has 0 bridgehead atoms. The molecule has 1 N–H and O–H groups in total. The molecule has 104 valence electrons. The van der Waals surface area contributed by atoms with E-state index in [2.05, 4.69) is 0 Å². The van der Waals surface area contributed by atoms with Gasteiger partial charge in [0.2, 0.25) is 0 Å². The number of hydrogen-bond donors (Lipinski definition) is 1. The third-order valence-corrected chi connectivity index (χ3v) is 5.13. The number of fused-ring (bicyclic) bond motifs is 5. The van der Waals surface area contributed by atoms with Gasteiger partial charge in [-0.05, 0) is 23.3 Å². The van der Waals surface area contributed by atoms with Gasteiger partial charge in [0.05, 0.1) is 17.5 Å². The molecule has 4 rings (SSSR count). The zero-order valence-electron chi connectivity index (χ0n) is 10.9. The van der Waals surface area contributed by atoms with Crippen LogP contribution in [-0.2, 0) is 0 Å². The van der Waals surface area contributed by atoms with Crippen LogP contribution in [0.4, 0.5) is 0 Å². The zero-order chi connectivity index (χ0) is 14.6. The van der Waals surface area contributed by atoms with Crippen molar-refractivity contribution in [3.05, 3.63) is 64.7 Å². The molecule has 0 saturated carbocycles. The molecule has 5 heteroatoms. The third kappa shape index (κ3) is 1.64. The van der Waals surface area contributed by atoms with Gasteiger partial charge in [-0.2, -0.15) is 0 Å². The Kier molecular flexibility index (Phi) is 2.59. The van der Waals surface area contributed by atoms with Crippen LogP contribution in [0.5, 0.6) is 0 Å². The average molecular weight is 297 g/mol. The molecule has 21 heavy (non-hydrogen) atoms. The second kappa shape index (κ2) is 4.36. The molecule has 1 amide bonds. The maximum atomic E-state index is 12.5. The minimum Gasteiger partial charge on any atom is -0.478 e. The predicted octanol–water partition coefficient (Wildman–Crippen LogP) is 2.99. The smallest absolute Gasteiger partial charge is 0.336 e. The van der Waals surface area contributed by atoms with Crippen LogP contribution in [0.15, 0.2) is 47.4 Å². The molecule has 2 aliphatic rings. The van der Waals surface area contributed by atoms with E-state index in [9.17, 15) is 14.7 Å². The summed E-state index contributed by atoms with van der Waals surface area (Å²) in [7, 11) is 0. The van der Waals surface area contributed by atoms with Gasteiger partial charge in [-0.1, -0.05) is 30.3 Å². The van der Waals surface area contributed by atoms with Gasteiger partial charge < -0.3 is 10.0 Å². The summed E-state index contributed by atoms with van der Waals surface area (Å²) in [5, 5.41) is 9.33. The largest absolute Gasteiger partial charge is 0.478 e. The first kappa shape index (κ1) is 12.5. The molecule has 0 spiro atoms. The Bertz CT molecular complexity index is 787. The van der Waals surface area contributed by atoms with E-state index in [4.69, 9.17) is 0 Å². The Morgan fingerprint density at radius 1 is 1.14 bits per heavy atom. The normalized spacial score (nSPS) is 19.0. The van der Waals surface area contributed by atoms with Gasteiger partial charge in [-0.3, -0.25) is 4.79 Å². The molecule has 1 atom stereocenters. The van der Waals surface area contributed by atoms with Crippen molar-refractivity contribution in [1.29, 1.82) is 0 Å². The maximum Gasteiger partial charge on any atom is 0.336 e. The standard InChI is InChI=1S/C16H11NO3S/c18-15-10-5-2-1-4-9(10)13-11-6-3-7-12(16(19)20)14(11)21-8-17(13)15/h1-7,13H,8H2,(H,19,20). The van der Waals surface area contributed by atoms with Gasteiger partial charge in [0.1, 0.15) is 0 Å². The number of hydrogen-bond acceptors (Lipinski definition) is 3. The molecular weight excluding hydrogens is 286 g/mol. The Morgan fingerprint density at radius 3 is 2.71 bits per heavy atom. The summed E-state index contributed by atoms with van der Waals surface area (Å²) in [6, 6.07) is 12.7. The van der Waals surface area contributed by atoms with Gasteiger partial charge in [0.15, 0.2) is 0 Å². The highest BCUT2D eigenvalue weighted by atomic mass is 32.2. The molecule has 2 aromatic rings. The first-order chi connectivity index (χ1) is 10.2. The molecular formula is C16H11NO3S. The summed E-state index contributed by atoms with van der Waals surface area (Å²) in [6.45, 7) is 0. The molecule has 0 radical (unpaired) electrons. The van der Waals surface area contributed by atoms with Crippen LogP contribution < -0.4 is 0 Å². The summed E-state index contributed by atoms with van der Waals surface area (Å²) in [5.74, 6) is -0.421. The molecule has 2 aromatic carbocycles. The molecule has 0 saturated heterocycles. The molecule has 0 fully saturated rings. The minimum absolute atomic E-state index is 0.0227. The summed E-state index contributed by atoms with van der Waals surface area (Å²) in [6.07, 6.45) is 0. The zero-order valence-corrected chi connectivity index (χ0v) is 11.8. The number of benzene rings is 2. The summed E-state index contributed by atoms with van der Waals surface area (Å²) >= 11 is 1.42. The molecule has 4 nitrogen and oxygen atoms in total. The van der Waals surface area contributed by atoms with E-state index >= 15 is 0 Å². The number of rotatable bonds is 1. The lowest BCUT2D eigenvalue weighted by Crippen LogP contribution is -2.31. The number of thioether (sulfide) groups is 1. The van der Waals surface area contributed by atoms with Crippen molar-refractivity contribution in [2.24, 2.45) is 0 Å². The molecule has 0 aromatic heterocycles. The number of carboxylic acids is 1. The molecule has 2 heterocycles. The fourth-order valence-electron chi connectivity index (χ4n) is 3.07. The number of carbonyl (C=O) groups is 2. The van der Waals surface area contributed by atoms with Crippen molar-refractivity contribution >= 4 is 23.6 Å². The lowest BCUT2D eigenvalue weighted by molar-refractivity contribution is 0.0692. The number of aromatic carboxylic acids is 1. The van der Waals surface area contributed by atoms with Gasteiger partial charge in [0, 0.05) is 10.5 Å². The number of carbonyl (C=O) groups excluding carboxylic acids is 1. The van der Waals surface area contributed by atoms with Crippen LogP contribution >= 0.6 is 11.8 Å². The molecule has 1 unspecified atom stereocenters. The minimum atomic E-state index is -0.926.